The molecule has 0 aromatic rings. The van der Waals surface area contributed by atoms with Crippen LogP contribution in [0.2, 0.25) is 0 Å². The van der Waals surface area contributed by atoms with Gasteiger partial charge in [-0.3, -0.25) is 0 Å². The molecular formula is C20H32O. The highest BCUT2D eigenvalue weighted by atomic mass is 16.3. The third-order valence-corrected chi connectivity index (χ3v) is 7.47. The normalized spacial score (nSPS) is 49.9. The summed E-state index contributed by atoms with van der Waals surface area (Å²) >= 11 is 0. The van der Waals surface area contributed by atoms with Crippen molar-refractivity contribution in [3.05, 3.63) is 23.8 Å². The molecule has 118 valence electrons. The maximum atomic E-state index is 10.7. The molecule has 3 aliphatic rings. The summed E-state index contributed by atoms with van der Waals surface area (Å²) in [6.45, 7) is 13.6. The lowest BCUT2D eigenvalue weighted by Crippen LogP contribution is -2.42. The van der Waals surface area contributed by atoms with E-state index in [2.05, 4.69) is 40.3 Å². The summed E-state index contributed by atoms with van der Waals surface area (Å²) in [6, 6.07) is 0. The van der Waals surface area contributed by atoms with Crippen LogP contribution in [0.15, 0.2) is 23.8 Å². The summed E-state index contributed by atoms with van der Waals surface area (Å²) in [5.41, 5.74) is 3.44. The molecule has 0 spiro atoms. The number of aliphatic hydroxyl groups excluding tert-OH is 1. The smallest absolute Gasteiger partial charge is 0.0633 e. The van der Waals surface area contributed by atoms with Crippen LogP contribution in [-0.2, 0) is 0 Å². The van der Waals surface area contributed by atoms with E-state index in [1.54, 1.807) is 0 Å². The summed E-state index contributed by atoms with van der Waals surface area (Å²) in [7, 11) is 0. The van der Waals surface area contributed by atoms with Crippen LogP contribution in [0.3, 0.4) is 0 Å². The number of hydrogen-bond donors (Lipinski definition) is 1. The lowest BCUT2D eigenvalue weighted by molar-refractivity contribution is -0.0129. The zero-order chi connectivity index (χ0) is 15.4. The first-order chi connectivity index (χ1) is 9.78. The Morgan fingerprint density at radius 3 is 2.67 bits per heavy atom. The molecule has 0 aliphatic heterocycles. The fourth-order valence-electron chi connectivity index (χ4n) is 5.88. The van der Waals surface area contributed by atoms with E-state index < -0.39 is 0 Å². The van der Waals surface area contributed by atoms with Crippen molar-refractivity contribution in [3.63, 3.8) is 0 Å². The maximum Gasteiger partial charge on any atom is 0.0633 e. The van der Waals surface area contributed by atoms with Crippen molar-refractivity contribution >= 4 is 0 Å². The molecule has 1 heteroatoms. The van der Waals surface area contributed by atoms with Gasteiger partial charge in [0.05, 0.1) is 6.10 Å². The quantitative estimate of drug-likeness (QED) is 0.665. The van der Waals surface area contributed by atoms with Gasteiger partial charge in [0, 0.05) is 5.41 Å². The Bertz CT molecular complexity index is 476. The molecule has 3 aliphatic carbocycles. The Morgan fingerprint density at radius 2 is 2.00 bits per heavy atom. The van der Waals surface area contributed by atoms with Crippen LogP contribution in [0.1, 0.15) is 66.2 Å². The van der Waals surface area contributed by atoms with Crippen LogP contribution >= 0.6 is 0 Å². The van der Waals surface area contributed by atoms with Crippen molar-refractivity contribution in [2.45, 2.75) is 72.3 Å². The van der Waals surface area contributed by atoms with Crippen molar-refractivity contribution in [1.82, 2.24) is 0 Å². The molecule has 3 rings (SSSR count). The summed E-state index contributed by atoms with van der Waals surface area (Å²) in [5.74, 6) is 2.05. The predicted octanol–water partition coefficient (Wildman–Crippen LogP) is 5.11. The molecule has 1 N–H and O–H groups in total. The third-order valence-electron chi connectivity index (χ3n) is 7.47. The number of rotatable bonds is 1. The SMILES string of the molecule is C=C(C)[C@H]1CC[C@]2(C)C[C@@H]3C(C)=CC[C@H](O)[C@@]3(C)CC[C@@H]12. The van der Waals surface area contributed by atoms with Crippen LogP contribution in [0.4, 0.5) is 0 Å². The average molecular weight is 288 g/mol. The minimum Gasteiger partial charge on any atom is -0.392 e. The molecule has 6 atom stereocenters. The van der Waals surface area contributed by atoms with E-state index in [0.29, 0.717) is 17.3 Å². The average Bonchev–Trinajstić information content (AvgIpc) is 2.69. The standard InChI is InChI=1S/C20H32O/c1-13(2)15-8-10-19(4)12-17-14(3)6-7-18(21)20(17,5)11-9-16(15)19/h6,15-18,21H,1,7-12H2,2-5H3/t15-,16+,17-,18+,19-,20+/m1/s1. The van der Waals surface area contributed by atoms with Gasteiger partial charge in [-0.05, 0) is 75.5 Å². The van der Waals surface area contributed by atoms with Crippen molar-refractivity contribution < 1.29 is 5.11 Å². The van der Waals surface area contributed by atoms with E-state index in [4.69, 9.17) is 0 Å². The first kappa shape index (κ1) is 15.3. The van der Waals surface area contributed by atoms with Crippen molar-refractivity contribution in [1.29, 1.82) is 0 Å². The number of fused-ring (bicyclic) bond motifs is 2. The number of allylic oxidation sites excluding steroid dienone is 2. The van der Waals surface area contributed by atoms with Gasteiger partial charge < -0.3 is 5.11 Å². The second kappa shape index (κ2) is 4.98. The van der Waals surface area contributed by atoms with Gasteiger partial charge in [-0.2, -0.15) is 0 Å². The Morgan fingerprint density at radius 1 is 1.29 bits per heavy atom. The summed E-state index contributed by atoms with van der Waals surface area (Å²) in [5, 5.41) is 10.7. The highest BCUT2D eigenvalue weighted by Crippen LogP contribution is 2.62. The molecule has 0 aromatic heterocycles. The molecule has 2 fully saturated rings. The highest BCUT2D eigenvalue weighted by molar-refractivity contribution is 5.20. The Balaban J connectivity index is 1.96. The molecule has 2 saturated carbocycles. The van der Waals surface area contributed by atoms with Crippen LogP contribution in [0, 0.1) is 28.6 Å². The zero-order valence-corrected chi connectivity index (χ0v) is 14.3. The van der Waals surface area contributed by atoms with Crippen LogP contribution < -0.4 is 0 Å². The molecule has 21 heavy (non-hydrogen) atoms. The van der Waals surface area contributed by atoms with E-state index in [-0.39, 0.29) is 11.5 Å². The van der Waals surface area contributed by atoms with Crippen molar-refractivity contribution in [3.8, 4) is 0 Å². The number of aliphatic hydroxyl groups is 1. The van der Waals surface area contributed by atoms with Gasteiger partial charge in [0.15, 0.2) is 0 Å². The Kier molecular flexibility index (Phi) is 3.64. The van der Waals surface area contributed by atoms with Gasteiger partial charge in [-0.1, -0.05) is 37.6 Å². The molecule has 0 radical (unpaired) electrons. The van der Waals surface area contributed by atoms with E-state index in [1.165, 1.54) is 43.3 Å². The molecule has 0 aromatic carbocycles. The lowest BCUT2D eigenvalue weighted by atomic mass is 9.61. The number of hydrogen-bond acceptors (Lipinski definition) is 1. The van der Waals surface area contributed by atoms with Gasteiger partial charge in [0.25, 0.3) is 0 Å². The van der Waals surface area contributed by atoms with E-state index >= 15 is 0 Å². The molecule has 0 saturated heterocycles. The van der Waals surface area contributed by atoms with E-state index in [0.717, 1.165) is 12.3 Å². The van der Waals surface area contributed by atoms with Gasteiger partial charge in [0.2, 0.25) is 0 Å². The fraction of sp³-hybridized carbons (Fsp3) is 0.800. The summed E-state index contributed by atoms with van der Waals surface area (Å²) in [4.78, 5) is 0. The first-order valence-electron chi connectivity index (χ1n) is 8.78. The second-order valence-electron chi connectivity index (χ2n) is 8.75. The van der Waals surface area contributed by atoms with Gasteiger partial charge in [-0.15, -0.1) is 0 Å². The van der Waals surface area contributed by atoms with E-state index in [9.17, 15) is 5.11 Å². The minimum atomic E-state index is -0.156. The first-order valence-corrected chi connectivity index (χ1v) is 8.78. The fourth-order valence-corrected chi connectivity index (χ4v) is 5.88. The highest BCUT2D eigenvalue weighted by Gasteiger charge is 2.54. The molecule has 0 amide bonds. The molecule has 0 unspecified atom stereocenters. The molecule has 1 nitrogen and oxygen atoms in total. The molecular weight excluding hydrogens is 256 g/mol. The zero-order valence-electron chi connectivity index (χ0n) is 14.3. The van der Waals surface area contributed by atoms with Crippen LogP contribution in [-0.4, -0.2) is 11.2 Å². The largest absolute Gasteiger partial charge is 0.392 e. The lowest BCUT2D eigenvalue weighted by Gasteiger charge is -2.45. The van der Waals surface area contributed by atoms with Crippen molar-refractivity contribution in [2.24, 2.45) is 28.6 Å². The summed E-state index contributed by atoms with van der Waals surface area (Å²) < 4.78 is 0. The van der Waals surface area contributed by atoms with Gasteiger partial charge >= 0.3 is 0 Å². The van der Waals surface area contributed by atoms with Gasteiger partial charge in [-0.25, -0.2) is 0 Å². The Hall–Kier alpha value is -0.560. The predicted molar refractivity (Wildman–Crippen MR) is 89.0 cm³/mol. The molecule has 0 bridgehead atoms. The van der Waals surface area contributed by atoms with Gasteiger partial charge in [0.1, 0.15) is 0 Å². The minimum absolute atomic E-state index is 0.0891. The topological polar surface area (TPSA) is 20.2 Å². The van der Waals surface area contributed by atoms with E-state index in [1.807, 2.05) is 0 Å². The molecule has 0 heterocycles. The van der Waals surface area contributed by atoms with Crippen LogP contribution in [0.5, 0.6) is 0 Å². The summed E-state index contributed by atoms with van der Waals surface area (Å²) in [6.07, 6.45) is 9.36. The maximum absolute atomic E-state index is 10.7. The Labute approximate surface area is 130 Å². The third kappa shape index (κ3) is 2.23. The monoisotopic (exact) mass is 288 g/mol. The van der Waals surface area contributed by atoms with Crippen LogP contribution in [0.25, 0.3) is 0 Å². The van der Waals surface area contributed by atoms with Crippen molar-refractivity contribution in [2.75, 3.05) is 0 Å². The second-order valence-corrected chi connectivity index (χ2v) is 8.75.